The van der Waals surface area contributed by atoms with E-state index >= 15 is 0 Å². The van der Waals surface area contributed by atoms with Gasteiger partial charge in [0.2, 0.25) is 0 Å². The van der Waals surface area contributed by atoms with Crippen LogP contribution >= 0.6 is 0 Å². The van der Waals surface area contributed by atoms with Gasteiger partial charge in [-0.3, -0.25) is 0 Å². The molecule has 1 aromatic heterocycles. The van der Waals surface area contributed by atoms with E-state index in [2.05, 4.69) is 26.3 Å². The van der Waals surface area contributed by atoms with E-state index in [1.54, 1.807) is 7.11 Å². The first-order valence-corrected chi connectivity index (χ1v) is 7.36. The molecule has 1 aliphatic rings. The van der Waals surface area contributed by atoms with Crippen LogP contribution in [0, 0.1) is 0 Å². The van der Waals surface area contributed by atoms with Crippen LogP contribution in [0.25, 0.3) is 0 Å². The number of nitrogens with zero attached hydrogens (tertiary/aromatic N) is 3. The molecule has 2 N–H and O–H groups in total. The van der Waals surface area contributed by atoms with Crippen LogP contribution in [0.15, 0.2) is 36.7 Å². The Morgan fingerprint density at radius 3 is 2.96 bits per heavy atom. The molecule has 0 aliphatic carbocycles. The van der Waals surface area contributed by atoms with Crippen molar-refractivity contribution in [2.24, 2.45) is 0 Å². The predicted octanol–water partition coefficient (Wildman–Crippen LogP) is 1.87. The summed E-state index contributed by atoms with van der Waals surface area (Å²) in [7, 11) is 1.66. The normalized spacial score (nSPS) is 17.1. The van der Waals surface area contributed by atoms with Gasteiger partial charge in [-0.25, -0.2) is 14.8 Å². The molecule has 1 fully saturated rings. The number of nitrogens with one attached hydrogen (secondary N) is 1. The van der Waals surface area contributed by atoms with Gasteiger partial charge < -0.3 is 20.1 Å². The fourth-order valence-electron chi connectivity index (χ4n) is 2.64. The van der Waals surface area contributed by atoms with Crippen LogP contribution in [0.1, 0.15) is 16.9 Å². The zero-order chi connectivity index (χ0) is 16.2. The zero-order valence-electron chi connectivity index (χ0n) is 12.8. The van der Waals surface area contributed by atoms with Gasteiger partial charge >= 0.3 is 5.97 Å². The summed E-state index contributed by atoms with van der Waals surface area (Å²) in [4.78, 5) is 21.0. The Balaban J connectivity index is 1.62. The van der Waals surface area contributed by atoms with Crippen molar-refractivity contribution in [1.29, 1.82) is 0 Å². The lowest BCUT2D eigenvalue weighted by Crippen LogP contribution is -2.26. The summed E-state index contributed by atoms with van der Waals surface area (Å²) in [6, 6.07) is 8.22. The van der Waals surface area contributed by atoms with E-state index in [9.17, 15) is 4.79 Å². The van der Waals surface area contributed by atoms with Crippen LogP contribution < -0.4 is 15.0 Å². The van der Waals surface area contributed by atoms with Crippen molar-refractivity contribution in [3.8, 4) is 5.75 Å². The average Bonchev–Trinajstić information content (AvgIpc) is 3.04. The summed E-state index contributed by atoms with van der Waals surface area (Å²) in [5, 5.41) is 12.1. The molecule has 7 heteroatoms. The van der Waals surface area contributed by atoms with Gasteiger partial charge in [-0.2, -0.15) is 0 Å². The standard InChI is InChI=1S/C16H18N4O3/c1-23-13-4-2-3-12(7-13)20-6-5-11(10-20)19-15-9-17-14(8-18-15)16(21)22/h2-4,7-9,11H,5-6,10H2,1H3,(H,18,19)(H,21,22). The molecule has 3 rings (SSSR count). The van der Waals surface area contributed by atoms with Crippen molar-refractivity contribution in [1.82, 2.24) is 9.97 Å². The van der Waals surface area contributed by atoms with Crippen LogP contribution in [0.3, 0.4) is 0 Å². The number of aromatic nitrogens is 2. The largest absolute Gasteiger partial charge is 0.497 e. The van der Waals surface area contributed by atoms with E-state index < -0.39 is 5.97 Å². The Hall–Kier alpha value is -2.83. The number of ether oxygens (including phenoxy) is 1. The second-order valence-electron chi connectivity index (χ2n) is 5.37. The SMILES string of the molecule is COc1cccc(N2CCC(Nc3cnc(C(=O)O)cn3)C2)c1. The highest BCUT2D eigenvalue weighted by molar-refractivity contribution is 5.84. The van der Waals surface area contributed by atoms with Gasteiger partial charge in [-0.05, 0) is 18.6 Å². The first-order valence-electron chi connectivity index (χ1n) is 7.36. The summed E-state index contributed by atoms with van der Waals surface area (Å²) >= 11 is 0. The molecule has 0 radical (unpaired) electrons. The summed E-state index contributed by atoms with van der Waals surface area (Å²) in [5.41, 5.74) is 1.07. The van der Waals surface area contributed by atoms with Crippen molar-refractivity contribution >= 4 is 17.5 Å². The molecule has 1 aliphatic heterocycles. The fourth-order valence-corrected chi connectivity index (χ4v) is 2.64. The minimum absolute atomic E-state index is 0.0556. The quantitative estimate of drug-likeness (QED) is 0.871. The van der Waals surface area contributed by atoms with Gasteiger partial charge in [0.05, 0.1) is 19.5 Å². The van der Waals surface area contributed by atoms with Gasteiger partial charge in [-0.15, -0.1) is 0 Å². The Morgan fingerprint density at radius 2 is 2.26 bits per heavy atom. The minimum atomic E-state index is -1.07. The van der Waals surface area contributed by atoms with Gasteiger partial charge in [-0.1, -0.05) is 6.07 Å². The van der Waals surface area contributed by atoms with E-state index in [1.165, 1.54) is 12.4 Å². The number of anilines is 2. The van der Waals surface area contributed by atoms with Crippen LogP contribution in [-0.4, -0.2) is 47.3 Å². The lowest BCUT2D eigenvalue weighted by Gasteiger charge is -2.19. The summed E-state index contributed by atoms with van der Waals surface area (Å²) < 4.78 is 5.26. The molecule has 0 bridgehead atoms. The maximum atomic E-state index is 10.8. The van der Waals surface area contributed by atoms with Crippen molar-refractivity contribution in [3.05, 3.63) is 42.4 Å². The van der Waals surface area contributed by atoms with Crippen molar-refractivity contribution in [2.45, 2.75) is 12.5 Å². The molecule has 7 nitrogen and oxygen atoms in total. The number of benzene rings is 1. The van der Waals surface area contributed by atoms with Crippen molar-refractivity contribution < 1.29 is 14.6 Å². The van der Waals surface area contributed by atoms with E-state index in [1.807, 2.05) is 18.2 Å². The van der Waals surface area contributed by atoms with Gasteiger partial charge in [0.1, 0.15) is 11.6 Å². The maximum Gasteiger partial charge on any atom is 0.356 e. The highest BCUT2D eigenvalue weighted by Gasteiger charge is 2.23. The third-order valence-corrected chi connectivity index (χ3v) is 3.83. The minimum Gasteiger partial charge on any atom is -0.497 e. The predicted molar refractivity (Wildman–Crippen MR) is 86.2 cm³/mol. The number of methoxy groups -OCH3 is 1. The molecule has 120 valence electrons. The summed E-state index contributed by atoms with van der Waals surface area (Å²) in [5.74, 6) is 0.357. The first kappa shape index (κ1) is 15.1. The van der Waals surface area contributed by atoms with E-state index in [-0.39, 0.29) is 11.7 Å². The Kier molecular flexibility index (Phi) is 4.27. The van der Waals surface area contributed by atoms with Crippen LogP contribution in [0.4, 0.5) is 11.5 Å². The van der Waals surface area contributed by atoms with Crippen molar-refractivity contribution in [2.75, 3.05) is 30.4 Å². The van der Waals surface area contributed by atoms with Crippen LogP contribution in [0.5, 0.6) is 5.75 Å². The molecule has 1 atom stereocenters. The number of hydrogen-bond donors (Lipinski definition) is 2. The number of rotatable bonds is 5. The fraction of sp³-hybridized carbons (Fsp3) is 0.312. The number of aromatic carboxylic acids is 1. The smallest absolute Gasteiger partial charge is 0.356 e. The highest BCUT2D eigenvalue weighted by atomic mass is 16.5. The second-order valence-corrected chi connectivity index (χ2v) is 5.37. The summed E-state index contributed by atoms with van der Waals surface area (Å²) in [6.45, 7) is 1.78. The van der Waals surface area contributed by atoms with Crippen LogP contribution in [-0.2, 0) is 0 Å². The topological polar surface area (TPSA) is 87.6 Å². The number of carbonyl (C=O) groups is 1. The molecule has 0 amide bonds. The third kappa shape index (κ3) is 3.50. The van der Waals surface area contributed by atoms with E-state index in [0.29, 0.717) is 5.82 Å². The van der Waals surface area contributed by atoms with E-state index in [0.717, 1.165) is 30.9 Å². The molecular weight excluding hydrogens is 296 g/mol. The van der Waals surface area contributed by atoms with Gasteiger partial charge in [0, 0.05) is 30.9 Å². The molecule has 2 aromatic rings. The lowest BCUT2D eigenvalue weighted by molar-refractivity contribution is 0.0690. The van der Waals surface area contributed by atoms with Gasteiger partial charge in [0.25, 0.3) is 0 Å². The Labute approximate surface area is 133 Å². The molecular formula is C16H18N4O3. The average molecular weight is 314 g/mol. The lowest BCUT2D eigenvalue weighted by atomic mass is 10.2. The van der Waals surface area contributed by atoms with Crippen molar-refractivity contribution in [3.63, 3.8) is 0 Å². The molecule has 2 heterocycles. The molecule has 0 saturated carbocycles. The molecule has 1 aromatic carbocycles. The monoisotopic (exact) mass is 314 g/mol. The molecule has 23 heavy (non-hydrogen) atoms. The molecule has 0 spiro atoms. The van der Waals surface area contributed by atoms with Crippen LogP contribution in [0.2, 0.25) is 0 Å². The van der Waals surface area contributed by atoms with Gasteiger partial charge in [0.15, 0.2) is 5.69 Å². The number of carboxylic acids is 1. The second kappa shape index (κ2) is 6.51. The summed E-state index contributed by atoms with van der Waals surface area (Å²) in [6.07, 6.45) is 3.69. The third-order valence-electron chi connectivity index (χ3n) is 3.83. The highest BCUT2D eigenvalue weighted by Crippen LogP contribution is 2.25. The zero-order valence-corrected chi connectivity index (χ0v) is 12.8. The Bertz CT molecular complexity index is 690. The molecule has 1 unspecified atom stereocenters. The first-order chi connectivity index (χ1) is 11.2. The van der Waals surface area contributed by atoms with E-state index in [4.69, 9.17) is 9.84 Å². The number of carboxylic acid groups (broad SMARTS) is 1. The maximum absolute atomic E-state index is 10.8. The molecule has 1 saturated heterocycles. The Morgan fingerprint density at radius 1 is 1.39 bits per heavy atom. The number of hydrogen-bond acceptors (Lipinski definition) is 6.